The van der Waals surface area contributed by atoms with E-state index < -0.39 is 0 Å². The lowest BCUT2D eigenvalue weighted by molar-refractivity contribution is 0.501. The summed E-state index contributed by atoms with van der Waals surface area (Å²) in [6.07, 6.45) is 5.99. The molecule has 1 fully saturated rings. The molecule has 0 atom stereocenters. The van der Waals surface area contributed by atoms with Crippen LogP contribution in [0.4, 0.5) is 0 Å². The second kappa shape index (κ2) is 4.57. The Morgan fingerprint density at radius 3 is 2.72 bits per heavy atom. The molecule has 1 aliphatic rings. The maximum Gasteiger partial charge on any atom is 0.158 e. The van der Waals surface area contributed by atoms with Gasteiger partial charge in [0.15, 0.2) is 5.65 Å². The fourth-order valence-electron chi connectivity index (χ4n) is 3.15. The van der Waals surface area contributed by atoms with Crippen molar-refractivity contribution in [3.8, 4) is 0 Å². The summed E-state index contributed by atoms with van der Waals surface area (Å²) in [5.41, 5.74) is 3.23. The van der Waals surface area contributed by atoms with Crippen LogP contribution in [0.3, 0.4) is 0 Å². The van der Waals surface area contributed by atoms with Crippen LogP contribution >= 0.6 is 11.6 Å². The average Bonchev–Trinajstić information content (AvgIpc) is 2.99. The standard InChI is InChI=1S/C13H19ClN4/c1-9-12-13(17(2)16-9)18(10-5-3-4-6-10)11(15-12)7-8-14/h10H,3-8H2,1-2H3. The van der Waals surface area contributed by atoms with Crippen molar-refractivity contribution in [1.29, 1.82) is 0 Å². The summed E-state index contributed by atoms with van der Waals surface area (Å²) in [4.78, 5) is 4.76. The molecule has 0 bridgehead atoms. The van der Waals surface area contributed by atoms with E-state index in [4.69, 9.17) is 16.6 Å². The van der Waals surface area contributed by atoms with Crippen LogP contribution in [0.2, 0.25) is 0 Å². The summed E-state index contributed by atoms with van der Waals surface area (Å²) in [6.45, 7) is 2.03. The lowest BCUT2D eigenvalue weighted by atomic mass is 10.2. The molecule has 18 heavy (non-hydrogen) atoms. The smallest absolute Gasteiger partial charge is 0.158 e. The van der Waals surface area contributed by atoms with Gasteiger partial charge in [-0.1, -0.05) is 12.8 Å². The molecule has 0 N–H and O–H groups in total. The number of fused-ring (bicyclic) bond motifs is 1. The number of hydrogen-bond donors (Lipinski definition) is 0. The molecule has 0 unspecified atom stereocenters. The highest BCUT2D eigenvalue weighted by Gasteiger charge is 2.25. The zero-order chi connectivity index (χ0) is 12.7. The molecule has 0 spiro atoms. The maximum atomic E-state index is 5.91. The SMILES string of the molecule is Cc1nn(C)c2c1nc(CCCl)n2C1CCCC1. The van der Waals surface area contributed by atoms with Gasteiger partial charge in [-0.05, 0) is 19.8 Å². The minimum absolute atomic E-state index is 0.586. The first-order valence-corrected chi connectivity index (χ1v) is 7.22. The third-order valence-electron chi connectivity index (χ3n) is 3.92. The molecular weight excluding hydrogens is 248 g/mol. The molecule has 2 heterocycles. The highest BCUT2D eigenvalue weighted by atomic mass is 35.5. The van der Waals surface area contributed by atoms with Crippen molar-refractivity contribution in [3.63, 3.8) is 0 Å². The number of halogens is 1. The normalized spacial score (nSPS) is 17.1. The fraction of sp³-hybridized carbons (Fsp3) is 0.692. The molecule has 4 nitrogen and oxygen atoms in total. The Labute approximate surface area is 112 Å². The molecule has 0 amide bonds. The van der Waals surface area contributed by atoms with Gasteiger partial charge in [0.05, 0.1) is 5.69 Å². The summed E-state index contributed by atoms with van der Waals surface area (Å²) in [5.74, 6) is 1.76. The topological polar surface area (TPSA) is 35.6 Å². The first kappa shape index (κ1) is 12.0. The number of aryl methyl sites for hydroxylation is 3. The molecule has 0 aromatic carbocycles. The fourth-order valence-corrected chi connectivity index (χ4v) is 3.32. The number of aromatic nitrogens is 4. The molecule has 1 aliphatic carbocycles. The van der Waals surface area contributed by atoms with E-state index in [9.17, 15) is 0 Å². The van der Waals surface area contributed by atoms with Crippen LogP contribution in [-0.2, 0) is 13.5 Å². The Hall–Kier alpha value is -1.03. The molecule has 2 aromatic heterocycles. The molecule has 0 aliphatic heterocycles. The van der Waals surface area contributed by atoms with E-state index in [1.807, 2.05) is 18.7 Å². The largest absolute Gasteiger partial charge is 0.310 e. The summed E-state index contributed by atoms with van der Waals surface area (Å²) in [5, 5.41) is 4.48. The van der Waals surface area contributed by atoms with Crippen molar-refractivity contribution in [2.75, 3.05) is 5.88 Å². The van der Waals surface area contributed by atoms with Gasteiger partial charge < -0.3 is 4.57 Å². The van der Waals surface area contributed by atoms with Crippen LogP contribution in [0, 0.1) is 6.92 Å². The van der Waals surface area contributed by atoms with Gasteiger partial charge in [0, 0.05) is 25.4 Å². The number of nitrogens with zero attached hydrogens (tertiary/aromatic N) is 4. The van der Waals surface area contributed by atoms with Crippen LogP contribution in [0.5, 0.6) is 0 Å². The Bertz CT molecular complexity index is 563. The lowest BCUT2D eigenvalue weighted by Gasteiger charge is -2.16. The average molecular weight is 267 g/mol. The first-order chi connectivity index (χ1) is 8.72. The quantitative estimate of drug-likeness (QED) is 0.801. The summed E-state index contributed by atoms with van der Waals surface area (Å²) in [7, 11) is 2.01. The highest BCUT2D eigenvalue weighted by molar-refractivity contribution is 6.17. The van der Waals surface area contributed by atoms with Crippen LogP contribution in [-0.4, -0.2) is 25.2 Å². The molecule has 98 valence electrons. The van der Waals surface area contributed by atoms with Crippen molar-refractivity contribution >= 4 is 22.8 Å². The zero-order valence-corrected chi connectivity index (χ0v) is 11.7. The summed E-state index contributed by atoms with van der Waals surface area (Å²) >= 11 is 5.91. The van der Waals surface area contributed by atoms with E-state index in [-0.39, 0.29) is 0 Å². The van der Waals surface area contributed by atoms with Crippen molar-refractivity contribution < 1.29 is 0 Å². The van der Waals surface area contributed by atoms with E-state index in [1.54, 1.807) is 0 Å². The van der Waals surface area contributed by atoms with Gasteiger partial charge in [-0.3, -0.25) is 4.68 Å². The number of imidazole rings is 1. The van der Waals surface area contributed by atoms with Crippen molar-refractivity contribution in [2.24, 2.45) is 7.05 Å². The molecule has 5 heteroatoms. The third-order valence-corrected chi connectivity index (χ3v) is 4.11. The van der Waals surface area contributed by atoms with Gasteiger partial charge in [-0.25, -0.2) is 4.98 Å². The third kappa shape index (κ3) is 1.74. The van der Waals surface area contributed by atoms with E-state index >= 15 is 0 Å². The van der Waals surface area contributed by atoms with E-state index in [0.29, 0.717) is 11.9 Å². The van der Waals surface area contributed by atoms with Crippen LogP contribution in [0.15, 0.2) is 0 Å². The van der Waals surface area contributed by atoms with Gasteiger partial charge in [-0.2, -0.15) is 5.10 Å². The van der Waals surface area contributed by atoms with Crippen LogP contribution < -0.4 is 0 Å². The minimum atomic E-state index is 0.586. The van der Waals surface area contributed by atoms with E-state index in [0.717, 1.165) is 23.5 Å². The maximum absolute atomic E-state index is 5.91. The van der Waals surface area contributed by atoms with Crippen molar-refractivity contribution in [3.05, 3.63) is 11.5 Å². The van der Waals surface area contributed by atoms with Gasteiger partial charge in [-0.15, -0.1) is 11.6 Å². The van der Waals surface area contributed by atoms with Gasteiger partial charge in [0.25, 0.3) is 0 Å². The Kier molecular flexibility index (Phi) is 3.06. The monoisotopic (exact) mass is 266 g/mol. The Morgan fingerprint density at radius 1 is 1.33 bits per heavy atom. The molecule has 1 saturated carbocycles. The van der Waals surface area contributed by atoms with Crippen LogP contribution in [0.1, 0.15) is 43.2 Å². The van der Waals surface area contributed by atoms with Gasteiger partial charge in [0.2, 0.25) is 0 Å². The van der Waals surface area contributed by atoms with Crippen molar-refractivity contribution in [1.82, 2.24) is 19.3 Å². The number of hydrogen-bond acceptors (Lipinski definition) is 2. The molecule has 0 radical (unpaired) electrons. The van der Waals surface area contributed by atoms with Crippen molar-refractivity contribution in [2.45, 2.75) is 45.1 Å². The molecule has 3 rings (SSSR count). The van der Waals surface area contributed by atoms with E-state index in [2.05, 4.69) is 9.67 Å². The van der Waals surface area contributed by atoms with E-state index in [1.165, 1.54) is 31.3 Å². The summed E-state index contributed by atoms with van der Waals surface area (Å²) in [6, 6.07) is 0.586. The zero-order valence-electron chi connectivity index (χ0n) is 11.0. The number of rotatable bonds is 3. The van der Waals surface area contributed by atoms with Crippen LogP contribution in [0.25, 0.3) is 11.2 Å². The van der Waals surface area contributed by atoms with Gasteiger partial charge in [0.1, 0.15) is 11.3 Å². The molecule has 0 saturated heterocycles. The predicted octanol–water partition coefficient (Wildman–Crippen LogP) is 2.97. The summed E-state index contributed by atoms with van der Waals surface area (Å²) < 4.78 is 4.36. The minimum Gasteiger partial charge on any atom is -0.310 e. The predicted molar refractivity (Wildman–Crippen MR) is 73.2 cm³/mol. The number of alkyl halides is 1. The molecule has 2 aromatic rings. The first-order valence-electron chi connectivity index (χ1n) is 6.68. The van der Waals surface area contributed by atoms with Gasteiger partial charge >= 0.3 is 0 Å². The lowest BCUT2D eigenvalue weighted by Crippen LogP contribution is -2.12. The second-order valence-corrected chi connectivity index (χ2v) is 5.53. The Morgan fingerprint density at radius 2 is 2.06 bits per heavy atom. The second-order valence-electron chi connectivity index (χ2n) is 5.16. The Balaban J connectivity index is 2.19. The highest BCUT2D eigenvalue weighted by Crippen LogP contribution is 2.34. The molecular formula is C13H19ClN4.